The minimum absolute atomic E-state index is 0.0930. The third kappa shape index (κ3) is 3.21. The van der Waals surface area contributed by atoms with Gasteiger partial charge in [-0.15, -0.1) is 0 Å². The van der Waals surface area contributed by atoms with Crippen LogP contribution >= 0.6 is 11.6 Å². The fourth-order valence-electron chi connectivity index (χ4n) is 3.47. The van der Waals surface area contributed by atoms with E-state index in [0.29, 0.717) is 28.4 Å². The van der Waals surface area contributed by atoms with E-state index in [1.165, 1.54) is 0 Å². The van der Waals surface area contributed by atoms with E-state index in [0.717, 1.165) is 11.1 Å². The molecule has 1 aliphatic heterocycles. The molecule has 0 fully saturated rings. The number of primary amides is 1. The van der Waals surface area contributed by atoms with Crippen LogP contribution in [0.5, 0.6) is 0 Å². The summed E-state index contributed by atoms with van der Waals surface area (Å²) >= 11 is 6.32. The Bertz CT molecular complexity index is 1070. The van der Waals surface area contributed by atoms with E-state index in [1.54, 1.807) is 35.2 Å². The second kappa shape index (κ2) is 7.37. The number of nitrogens with two attached hydrogens (primary N) is 1. The Morgan fingerprint density at radius 3 is 2.46 bits per heavy atom. The van der Waals surface area contributed by atoms with Crippen molar-refractivity contribution in [3.8, 4) is 0 Å². The highest BCUT2D eigenvalue weighted by Crippen LogP contribution is 2.36. The second-order valence-corrected chi connectivity index (χ2v) is 6.98. The summed E-state index contributed by atoms with van der Waals surface area (Å²) in [5.41, 5.74) is 8.78. The summed E-state index contributed by atoms with van der Waals surface area (Å²) in [7, 11) is 0. The number of carbonyl (C=O) groups is 2. The summed E-state index contributed by atoms with van der Waals surface area (Å²) in [5, 5.41) is 3.93. The largest absolute Gasteiger partial charge is 0.366 e. The van der Waals surface area contributed by atoms with E-state index >= 15 is 0 Å². The SMILES string of the molecule is NC(=O)c1ccccc1NC1c2ccccc2C(=O)N1Cc1ccccc1Cl. The van der Waals surface area contributed by atoms with Gasteiger partial charge in [-0.3, -0.25) is 9.59 Å². The lowest BCUT2D eigenvalue weighted by atomic mass is 10.1. The molecule has 0 saturated carbocycles. The molecule has 2 amide bonds. The molecule has 3 aromatic rings. The molecule has 0 aromatic heterocycles. The molecule has 3 N–H and O–H groups in total. The zero-order valence-corrected chi connectivity index (χ0v) is 15.7. The number of rotatable bonds is 5. The van der Waals surface area contributed by atoms with Gasteiger partial charge in [-0.1, -0.05) is 60.1 Å². The zero-order chi connectivity index (χ0) is 19.7. The summed E-state index contributed by atoms with van der Waals surface area (Å²) < 4.78 is 0. The molecule has 6 heteroatoms. The molecule has 4 rings (SSSR count). The predicted octanol–water partition coefficient (Wildman–Crippen LogP) is 4.21. The van der Waals surface area contributed by atoms with Gasteiger partial charge < -0.3 is 16.0 Å². The maximum atomic E-state index is 13.1. The van der Waals surface area contributed by atoms with Crippen LogP contribution in [-0.2, 0) is 6.54 Å². The first-order chi connectivity index (χ1) is 13.6. The Hall–Kier alpha value is -3.31. The topological polar surface area (TPSA) is 75.4 Å². The first-order valence-electron chi connectivity index (χ1n) is 8.85. The number of hydrogen-bond acceptors (Lipinski definition) is 3. The molecule has 0 aliphatic carbocycles. The monoisotopic (exact) mass is 391 g/mol. The van der Waals surface area contributed by atoms with Gasteiger partial charge in [0.2, 0.25) is 0 Å². The smallest absolute Gasteiger partial charge is 0.256 e. The Kier molecular flexibility index (Phi) is 4.75. The fourth-order valence-corrected chi connectivity index (χ4v) is 3.67. The van der Waals surface area contributed by atoms with Crippen molar-refractivity contribution >= 4 is 29.1 Å². The molecule has 0 spiro atoms. The highest BCUT2D eigenvalue weighted by atomic mass is 35.5. The van der Waals surface area contributed by atoms with E-state index in [4.69, 9.17) is 17.3 Å². The quantitative estimate of drug-likeness (QED) is 0.684. The minimum atomic E-state index is -0.529. The molecule has 28 heavy (non-hydrogen) atoms. The van der Waals surface area contributed by atoms with Crippen LogP contribution in [-0.4, -0.2) is 16.7 Å². The van der Waals surface area contributed by atoms with Crippen LogP contribution in [0.15, 0.2) is 72.8 Å². The van der Waals surface area contributed by atoms with E-state index < -0.39 is 12.1 Å². The summed E-state index contributed by atoms with van der Waals surface area (Å²) in [6, 6.07) is 21.9. The van der Waals surface area contributed by atoms with Crippen molar-refractivity contribution < 1.29 is 9.59 Å². The molecule has 1 aliphatic rings. The second-order valence-electron chi connectivity index (χ2n) is 6.57. The zero-order valence-electron chi connectivity index (χ0n) is 14.9. The van der Waals surface area contributed by atoms with Crippen LogP contribution in [0.2, 0.25) is 5.02 Å². The number of para-hydroxylation sites is 1. The Morgan fingerprint density at radius 1 is 1.00 bits per heavy atom. The summed E-state index contributed by atoms with van der Waals surface area (Å²) in [4.78, 5) is 26.6. The van der Waals surface area contributed by atoms with Crippen LogP contribution < -0.4 is 11.1 Å². The van der Waals surface area contributed by atoms with Gasteiger partial charge in [0.05, 0.1) is 5.56 Å². The Morgan fingerprint density at radius 2 is 1.68 bits per heavy atom. The molecule has 140 valence electrons. The molecule has 1 atom stereocenters. The first-order valence-corrected chi connectivity index (χ1v) is 9.22. The maximum absolute atomic E-state index is 13.1. The minimum Gasteiger partial charge on any atom is -0.366 e. The molecule has 1 heterocycles. The van der Waals surface area contributed by atoms with E-state index in [1.807, 2.05) is 42.5 Å². The molecule has 0 radical (unpaired) electrons. The number of anilines is 1. The molecule has 0 bridgehead atoms. The summed E-state index contributed by atoms with van der Waals surface area (Å²) in [5.74, 6) is -0.622. The van der Waals surface area contributed by atoms with Crippen LogP contribution in [0.1, 0.15) is 38.0 Å². The van der Waals surface area contributed by atoms with Crippen molar-refractivity contribution in [3.63, 3.8) is 0 Å². The lowest BCUT2D eigenvalue weighted by Gasteiger charge is -2.28. The number of halogens is 1. The van der Waals surface area contributed by atoms with Crippen LogP contribution in [0.25, 0.3) is 0 Å². The van der Waals surface area contributed by atoms with Gasteiger partial charge in [0.15, 0.2) is 0 Å². The van der Waals surface area contributed by atoms with E-state index in [2.05, 4.69) is 5.32 Å². The van der Waals surface area contributed by atoms with Gasteiger partial charge in [-0.2, -0.15) is 0 Å². The van der Waals surface area contributed by atoms with E-state index in [9.17, 15) is 9.59 Å². The Balaban J connectivity index is 1.74. The third-order valence-corrected chi connectivity index (χ3v) is 5.21. The van der Waals surface area contributed by atoms with Crippen molar-refractivity contribution in [2.45, 2.75) is 12.7 Å². The van der Waals surface area contributed by atoms with Gasteiger partial charge in [-0.25, -0.2) is 0 Å². The van der Waals surface area contributed by atoms with Gasteiger partial charge in [0.1, 0.15) is 6.17 Å². The number of fused-ring (bicyclic) bond motifs is 1. The van der Waals surface area contributed by atoms with Crippen LogP contribution in [0, 0.1) is 0 Å². The molecule has 3 aromatic carbocycles. The summed E-state index contributed by atoms with van der Waals surface area (Å²) in [6.07, 6.45) is -0.444. The third-order valence-electron chi connectivity index (χ3n) is 4.84. The molecular weight excluding hydrogens is 374 g/mol. The van der Waals surface area contributed by atoms with Crippen molar-refractivity contribution in [2.75, 3.05) is 5.32 Å². The fraction of sp³-hybridized carbons (Fsp3) is 0.0909. The summed E-state index contributed by atoms with van der Waals surface area (Å²) in [6.45, 7) is 0.337. The van der Waals surface area contributed by atoms with Gasteiger partial charge in [-0.05, 0) is 29.8 Å². The average Bonchev–Trinajstić information content (AvgIpc) is 2.96. The number of carbonyl (C=O) groups excluding carboxylic acids is 2. The number of nitrogens with one attached hydrogen (secondary N) is 1. The van der Waals surface area contributed by atoms with Gasteiger partial charge in [0, 0.05) is 28.4 Å². The molecule has 1 unspecified atom stereocenters. The number of amides is 2. The number of benzene rings is 3. The number of hydrogen-bond donors (Lipinski definition) is 2. The number of nitrogens with zero attached hydrogens (tertiary/aromatic N) is 1. The van der Waals surface area contributed by atoms with Crippen LogP contribution in [0.4, 0.5) is 5.69 Å². The van der Waals surface area contributed by atoms with Crippen molar-refractivity contribution in [1.29, 1.82) is 0 Å². The van der Waals surface area contributed by atoms with Crippen LogP contribution in [0.3, 0.4) is 0 Å². The highest BCUT2D eigenvalue weighted by Gasteiger charge is 2.37. The molecule has 5 nitrogen and oxygen atoms in total. The molecular formula is C22H18ClN3O2. The predicted molar refractivity (Wildman–Crippen MR) is 109 cm³/mol. The van der Waals surface area contributed by atoms with Gasteiger partial charge >= 0.3 is 0 Å². The molecule has 0 saturated heterocycles. The lowest BCUT2D eigenvalue weighted by molar-refractivity contribution is 0.0729. The average molecular weight is 392 g/mol. The van der Waals surface area contributed by atoms with Crippen molar-refractivity contribution in [2.24, 2.45) is 5.73 Å². The maximum Gasteiger partial charge on any atom is 0.256 e. The Labute approximate surface area is 167 Å². The highest BCUT2D eigenvalue weighted by molar-refractivity contribution is 6.31. The normalized spacial score (nSPS) is 15.4. The van der Waals surface area contributed by atoms with Gasteiger partial charge in [0.25, 0.3) is 11.8 Å². The standard InChI is InChI=1S/C22H18ClN3O2/c23-18-11-5-1-7-14(18)13-26-21(15-8-2-3-9-16(15)22(26)28)25-19-12-6-4-10-17(19)20(24)27/h1-12,21,25H,13H2,(H2,24,27). The van der Waals surface area contributed by atoms with E-state index in [-0.39, 0.29) is 5.91 Å². The lowest BCUT2D eigenvalue weighted by Crippen LogP contribution is -2.32. The first kappa shape index (κ1) is 18.1. The van der Waals surface area contributed by atoms with Crippen molar-refractivity contribution in [3.05, 3.63) is 100 Å². The van der Waals surface area contributed by atoms with Crippen molar-refractivity contribution in [1.82, 2.24) is 4.90 Å².